The second-order valence-corrected chi connectivity index (χ2v) is 6.98. The maximum atomic E-state index is 12.4. The third-order valence-corrected chi connectivity index (χ3v) is 5.57. The van der Waals surface area contributed by atoms with Gasteiger partial charge in [0.1, 0.15) is 0 Å². The van der Waals surface area contributed by atoms with Crippen LogP contribution >= 0.6 is 11.8 Å². The van der Waals surface area contributed by atoms with Crippen LogP contribution in [0.5, 0.6) is 0 Å². The van der Waals surface area contributed by atoms with Gasteiger partial charge in [0.25, 0.3) is 0 Å². The van der Waals surface area contributed by atoms with Crippen LogP contribution in [-0.2, 0) is 4.79 Å². The first kappa shape index (κ1) is 14.2. The molecule has 2 aliphatic rings. The molecule has 4 heteroatoms. The average molecular weight is 270 g/mol. The minimum atomic E-state index is 0.359. The molecule has 18 heavy (non-hydrogen) atoms. The monoisotopic (exact) mass is 270 g/mol. The van der Waals surface area contributed by atoms with E-state index in [0.29, 0.717) is 29.0 Å². The van der Waals surface area contributed by atoms with Crippen LogP contribution in [0.1, 0.15) is 46.0 Å². The lowest BCUT2D eigenvalue weighted by Crippen LogP contribution is -2.48. The first-order valence-electron chi connectivity index (χ1n) is 7.32. The van der Waals surface area contributed by atoms with E-state index in [1.165, 1.54) is 32.1 Å². The van der Waals surface area contributed by atoms with Crippen molar-refractivity contribution in [2.75, 3.05) is 18.8 Å². The number of nitrogens with one attached hydrogen (secondary N) is 1. The van der Waals surface area contributed by atoms with E-state index in [1.54, 1.807) is 0 Å². The number of piperidine rings is 2. The van der Waals surface area contributed by atoms with E-state index in [2.05, 4.69) is 24.1 Å². The fourth-order valence-corrected chi connectivity index (χ4v) is 4.24. The van der Waals surface area contributed by atoms with Gasteiger partial charge in [-0.2, -0.15) is 0 Å². The summed E-state index contributed by atoms with van der Waals surface area (Å²) >= 11 is 1.87. The molecule has 0 bridgehead atoms. The number of thioether (sulfide) groups is 1. The third-order valence-electron chi connectivity index (χ3n) is 4.21. The number of hydrogen-bond donors (Lipinski definition) is 1. The first-order chi connectivity index (χ1) is 8.68. The molecule has 1 N–H and O–H groups in total. The molecule has 2 heterocycles. The van der Waals surface area contributed by atoms with Gasteiger partial charge in [0.05, 0.1) is 5.75 Å². The van der Waals surface area contributed by atoms with Crippen LogP contribution in [0.3, 0.4) is 0 Å². The summed E-state index contributed by atoms with van der Waals surface area (Å²) in [5.74, 6) is 1.04. The fraction of sp³-hybridized carbons (Fsp3) is 0.929. The van der Waals surface area contributed by atoms with E-state index < -0.39 is 0 Å². The lowest BCUT2D eigenvalue weighted by atomic mass is 9.98. The zero-order valence-corrected chi connectivity index (χ0v) is 12.5. The van der Waals surface area contributed by atoms with E-state index in [0.717, 1.165) is 13.1 Å². The van der Waals surface area contributed by atoms with Crippen molar-refractivity contribution < 1.29 is 4.79 Å². The molecular formula is C14H26N2OS. The van der Waals surface area contributed by atoms with Gasteiger partial charge in [-0.3, -0.25) is 4.79 Å². The highest BCUT2D eigenvalue weighted by molar-refractivity contribution is 8.00. The molecule has 2 aliphatic heterocycles. The van der Waals surface area contributed by atoms with Gasteiger partial charge in [-0.15, -0.1) is 11.8 Å². The van der Waals surface area contributed by atoms with Crippen LogP contribution in [0.4, 0.5) is 0 Å². The predicted octanol–water partition coefficient (Wildman–Crippen LogP) is 2.26. The van der Waals surface area contributed by atoms with Crippen molar-refractivity contribution in [3.05, 3.63) is 0 Å². The zero-order chi connectivity index (χ0) is 13.0. The molecule has 0 aromatic carbocycles. The number of amides is 1. The molecule has 0 aromatic rings. The number of carbonyl (C=O) groups excluding carboxylic acids is 1. The highest BCUT2D eigenvalue weighted by atomic mass is 32.2. The lowest BCUT2D eigenvalue weighted by molar-refractivity contribution is -0.134. The van der Waals surface area contributed by atoms with E-state index in [1.807, 2.05) is 11.8 Å². The average Bonchev–Trinajstić information content (AvgIpc) is 2.37. The maximum absolute atomic E-state index is 12.4. The standard InChI is InChI=1S/C14H26N2OS/c1-11-4-3-5-12(2)16(11)14(17)10-18-13-6-8-15-9-7-13/h11-13,15H,3-10H2,1-2H3. The van der Waals surface area contributed by atoms with Gasteiger partial charge in [-0.1, -0.05) is 0 Å². The quantitative estimate of drug-likeness (QED) is 0.854. The number of hydrogen-bond acceptors (Lipinski definition) is 3. The Bertz CT molecular complexity index is 269. The molecule has 0 saturated carbocycles. The van der Waals surface area contributed by atoms with E-state index in [4.69, 9.17) is 0 Å². The Balaban J connectivity index is 1.79. The maximum Gasteiger partial charge on any atom is 0.233 e. The number of likely N-dealkylation sites (tertiary alicyclic amines) is 1. The van der Waals surface area contributed by atoms with Crippen molar-refractivity contribution in [2.24, 2.45) is 0 Å². The second-order valence-electron chi connectivity index (χ2n) is 5.69. The van der Waals surface area contributed by atoms with Gasteiger partial charge in [-0.25, -0.2) is 0 Å². The fourth-order valence-electron chi connectivity index (χ4n) is 3.14. The Labute approximate surface area is 115 Å². The van der Waals surface area contributed by atoms with Crippen LogP contribution in [0.25, 0.3) is 0 Å². The van der Waals surface area contributed by atoms with Crippen molar-refractivity contribution in [1.82, 2.24) is 10.2 Å². The second kappa shape index (κ2) is 6.80. The largest absolute Gasteiger partial charge is 0.337 e. The Morgan fingerprint density at radius 2 is 1.78 bits per heavy atom. The molecule has 2 unspecified atom stereocenters. The molecule has 1 amide bonds. The Morgan fingerprint density at radius 1 is 1.17 bits per heavy atom. The molecule has 2 fully saturated rings. The van der Waals surface area contributed by atoms with Gasteiger partial charge in [0.15, 0.2) is 0 Å². The van der Waals surface area contributed by atoms with E-state index >= 15 is 0 Å². The molecule has 104 valence electrons. The summed E-state index contributed by atoms with van der Waals surface area (Å²) in [4.78, 5) is 14.5. The Morgan fingerprint density at radius 3 is 2.39 bits per heavy atom. The molecule has 2 atom stereocenters. The summed E-state index contributed by atoms with van der Waals surface area (Å²) in [5.41, 5.74) is 0. The van der Waals surface area contributed by atoms with Crippen molar-refractivity contribution in [3.8, 4) is 0 Å². The van der Waals surface area contributed by atoms with Crippen LogP contribution in [0.2, 0.25) is 0 Å². The molecule has 3 nitrogen and oxygen atoms in total. The summed E-state index contributed by atoms with van der Waals surface area (Å²) in [6.45, 7) is 6.62. The van der Waals surface area contributed by atoms with Crippen molar-refractivity contribution in [3.63, 3.8) is 0 Å². The van der Waals surface area contributed by atoms with Crippen molar-refractivity contribution >= 4 is 17.7 Å². The van der Waals surface area contributed by atoms with Gasteiger partial charge in [0.2, 0.25) is 5.91 Å². The molecule has 2 rings (SSSR count). The highest BCUT2D eigenvalue weighted by Gasteiger charge is 2.29. The number of carbonyl (C=O) groups is 1. The zero-order valence-electron chi connectivity index (χ0n) is 11.7. The van der Waals surface area contributed by atoms with Gasteiger partial charge >= 0.3 is 0 Å². The predicted molar refractivity (Wildman–Crippen MR) is 78.0 cm³/mol. The normalized spacial score (nSPS) is 30.4. The Hall–Kier alpha value is -0.220. The first-order valence-corrected chi connectivity index (χ1v) is 8.37. The van der Waals surface area contributed by atoms with Gasteiger partial charge in [-0.05, 0) is 59.0 Å². The van der Waals surface area contributed by atoms with Gasteiger partial charge in [0, 0.05) is 17.3 Å². The SMILES string of the molecule is CC1CCCC(C)N1C(=O)CSC1CCNCC1. The molecule has 2 saturated heterocycles. The third kappa shape index (κ3) is 3.64. The molecule has 0 aromatic heterocycles. The summed E-state index contributed by atoms with van der Waals surface area (Å²) in [5, 5.41) is 4.06. The Kier molecular flexibility index (Phi) is 5.37. The minimum Gasteiger partial charge on any atom is -0.337 e. The number of rotatable bonds is 3. The molecule has 0 radical (unpaired) electrons. The highest BCUT2D eigenvalue weighted by Crippen LogP contribution is 2.25. The van der Waals surface area contributed by atoms with E-state index in [9.17, 15) is 4.79 Å². The van der Waals surface area contributed by atoms with Crippen LogP contribution in [0.15, 0.2) is 0 Å². The van der Waals surface area contributed by atoms with Crippen LogP contribution in [0, 0.1) is 0 Å². The molecule has 0 spiro atoms. The number of nitrogens with zero attached hydrogens (tertiary/aromatic N) is 1. The summed E-state index contributed by atoms with van der Waals surface area (Å²) in [7, 11) is 0. The summed E-state index contributed by atoms with van der Waals surface area (Å²) in [6.07, 6.45) is 6.04. The van der Waals surface area contributed by atoms with Crippen LogP contribution in [-0.4, -0.2) is 47.0 Å². The van der Waals surface area contributed by atoms with Crippen molar-refractivity contribution in [1.29, 1.82) is 0 Å². The minimum absolute atomic E-state index is 0.359. The van der Waals surface area contributed by atoms with Crippen LogP contribution < -0.4 is 5.32 Å². The van der Waals surface area contributed by atoms with Gasteiger partial charge < -0.3 is 10.2 Å². The smallest absolute Gasteiger partial charge is 0.233 e. The van der Waals surface area contributed by atoms with E-state index in [-0.39, 0.29) is 0 Å². The molecule has 0 aliphatic carbocycles. The van der Waals surface area contributed by atoms with Crippen molar-refractivity contribution in [2.45, 2.75) is 63.3 Å². The summed E-state index contributed by atoms with van der Waals surface area (Å²) < 4.78 is 0. The summed E-state index contributed by atoms with van der Waals surface area (Å²) in [6, 6.07) is 0.879. The molecular weight excluding hydrogens is 244 g/mol. The lowest BCUT2D eigenvalue weighted by Gasteiger charge is -2.39. The topological polar surface area (TPSA) is 32.3 Å².